The maximum Gasteiger partial charge on any atom is 0.264 e. The zero-order valence-corrected chi connectivity index (χ0v) is 16.5. The van der Waals surface area contributed by atoms with Crippen molar-refractivity contribution in [1.29, 1.82) is 0 Å². The molecule has 1 saturated heterocycles. The minimum Gasteiger partial charge on any atom is -0.379 e. The van der Waals surface area contributed by atoms with E-state index in [4.69, 9.17) is 4.74 Å². The predicted molar refractivity (Wildman–Crippen MR) is 106 cm³/mol. The van der Waals surface area contributed by atoms with Crippen molar-refractivity contribution in [2.24, 2.45) is 0 Å². The zero-order chi connectivity index (χ0) is 19.3. The number of amides is 2. The average molecular weight is 401 g/mol. The maximum atomic E-state index is 12.9. The van der Waals surface area contributed by atoms with Gasteiger partial charge in [-0.1, -0.05) is 12.1 Å². The molecule has 2 aromatic heterocycles. The summed E-state index contributed by atoms with van der Waals surface area (Å²) in [4.78, 5) is 34.9. The van der Waals surface area contributed by atoms with E-state index in [0.717, 1.165) is 44.1 Å². The number of ether oxygens (including phenoxy) is 1. The van der Waals surface area contributed by atoms with Crippen LogP contribution in [0.4, 0.5) is 0 Å². The summed E-state index contributed by atoms with van der Waals surface area (Å²) >= 11 is 1.42. The number of thiophene rings is 1. The first kappa shape index (κ1) is 19.0. The second-order valence-electron chi connectivity index (χ2n) is 7.01. The molecule has 7 nitrogen and oxygen atoms in total. The van der Waals surface area contributed by atoms with Gasteiger partial charge in [-0.05, 0) is 23.1 Å². The summed E-state index contributed by atoms with van der Waals surface area (Å²) in [6.07, 6.45) is 1.71. The van der Waals surface area contributed by atoms with Crippen molar-refractivity contribution < 1.29 is 14.3 Å². The van der Waals surface area contributed by atoms with E-state index in [0.29, 0.717) is 24.5 Å². The van der Waals surface area contributed by atoms with Gasteiger partial charge in [-0.25, -0.2) is 0 Å². The third-order valence-corrected chi connectivity index (χ3v) is 6.04. The van der Waals surface area contributed by atoms with Crippen LogP contribution in [-0.4, -0.2) is 72.5 Å². The lowest BCUT2D eigenvalue weighted by Crippen LogP contribution is -2.46. The summed E-state index contributed by atoms with van der Waals surface area (Å²) in [6, 6.07) is 7.49. The molecule has 2 aliphatic rings. The van der Waals surface area contributed by atoms with Crippen LogP contribution in [0.2, 0.25) is 0 Å². The molecular weight excluding hydrogens is 376 g/mol. The number of fused-ring (bicyclic) bond motifs is 1. The third kappa shape index (κ3) is 4.24. The molecule has 0 radical (unpaired) electrons. The Morgan fingerprint density at radius 3 is 2.89 bits per heavy atom. The van der Waals surface area contributed by atoms with E-state index < -0.39 is 5.92 Å². The first-order chi connectivity index (χ1) is 13.7. The lowest BCUT2D eigenvalue weighted by atomic mass is 9.93. The van der Waals surface area contributed by atoms with Crippen LogP contribution in [0.3, 0.4) is 0 Å². The van der Waals surface area contributed by atoms with Crippen LogP contribution in [0, 0.1) is 0 Å². The van der Waals surface area contributed by atoms with Gasteiger partial charge < -0.3 is 15.0 Å². The first-order valence-corrected chi connectivity index (χ1v) is 10.4. The average Bonchev–Trinajstić information content (AvgIpc) is 3.28. The molecule has 4 rings (SSSR count). The second kappa shape index (κ2) is 8.81. The van der Waals surface area contributed by atoms with Crippen LogP contribution >= 0.6 is 11.3 Å². The lowest BCUT2D eigenvalue weighted by molar-refractivity contribution is -0.123. The molecule has 2 amide bonds. The molecule has 2 aromatic rings. The fraction of sp³-hybridized carbons (Fsp3) is 0.450. The molecule has 0 saturated carbocycles. The Labute approximate surface area is 168 Å². The van der Waals surface area contributed by atoms with E-state index in [-0.39, 0.29) is 11.8 Å². The standard InChI is InChI=1S/C20H24N4O3S/c25-19(22-6-7-23-8-10-27-11-9-23)16-14-24(20(26)17-4-2-12-28-17)13-15-3-1-5-21-18(15)16/h1-5,12,16H,6-11,13-14H2,(H,22,25). The molecule has 0 aromatic carbocycles. The Morgan fingerprint density at radius 1 is 1.25 bits per heavy atom. The molecule has 1 N–H and O–H groups in total. The molecule has 1 atom stereocenters. The molecule has 148 valence electrons. The normalized spacial score (nSPS) is 19.9. The summed E-state index contributed by atoms with van der Waals surface area (Å²) in [5.74, 6) is -0.550. The largest absolute Gasteiger partial charge is 0.379 e. The van der Waals surface area contributed by atoms with Gasteiger partial charge in [0.15, 0.2) is 0 Å². The summed E-state index contributed by atoms with van der Waals surface area (Å²) in [6.45, 7) is 5.49. The van der Waals surface area contributed by atoms with E-state index in [9.17, 15) is 9.59 Å². The second-order valence-corrected chi connectivity index (χ2v) is 7.96. The Balaban J connectivity index is 1.43. The number of aromatic nitrogens is 1. The monoisotopic (exact) mass is 400 g/mol. The van der Waals surface area contributed by atoms with Gasteiger partial charge in [-0.2, -0.15) is 0 Å². The quantitative estimate of drug-likeness (QED) is 0.820. The Morgan fingerprint density at radius 2 is 2.11 bits per heavy atom. The smallest absolute Gasteiger partial charge is 0.264 e. The molecule has 0 aliphatic carbocycles. The summed E-state index contributed by atoms with van der Waals surface area (Å²) in [7, 11) is 0. The molecule has 4 heterocycles. The molecular formula is C20H24N4O3S. The number of hydrogen-bond donors (Lipinski definition) is 1. The zero-order valence-electron chi connectivity index (χ0n) is 15.7. The van der Waals surface area contributed by atoms with Crippen molar-refractivity contribution in [3.8, 4) is 0 Å². The van der Waals surface area contributed by atoms with Gasteiger partial charge in [0, 0.05) is 45.5 Å². The van der Waals surface area contributed by atoms with Crippen molar-refractivity contribution in [3.05, 3.63) is 52.0 Å². The molecule has 1 fully saturated rings. The molecule has 1 unspecified atom stereocenters. The number of carbonyl (C=O) groups is 2. The number of hydrogen-bond acceptors (Lipinski definition) is 6. The number of morpholine rings is 1. The van der Waals surface area contributed by atoms with Crippen LogP contribution in [0.15, 0.2) is 35.8 Å². The van der Waals surface area contributed by atoms with Crippen molar-refractivity contribution in [2.75, 3.05) is 45.9 Å². The van der Waals surface area contributed by atoms with Crippen molar-refractivity contribution >= 4 is 23.2 Å². The highest BCUT2D eigenvalue weighted by atomic mass is 32.1. The Hall–Kier alpha value is -2.29. The van der Waals surface area contributed by atoms with E-state index in [1.54, 1.807) is 11.1 Å². The minimum absolute atomic E-state index is 0.0318. The van der Waals surface area contributed by atoms with E-state index >= 15 is 0 Å². The van der Waals surface area contributed by atoms with Gasteiger partial charge in [-0.15, -0.1) is 11.3 Å². The predicted octanol–water partition coefficient (Wildman–Crippen LogP) is 1.33. The van der Waals surface area contributed by atoms with Crippen molar-refractivity contribution in [3.63, 3.8) is 0 Å². The number of pyridine rings is 1. The van der Waals surface area contributed by atoms with Crippen molar-refractivity contribution in [1.82, 2.24) is 20.1 Å². The topological polar surface area (TPSA) is 74.8 Å². The molecule has 28 heavy (non-hydrogen) atoms. The number of carbonyl (C=O) groups excluding carboxylic acids is 2. The summed E-state index contributed by atoms with van der Waals surface area (Å²) in [5, 5.41) is 4.93. The lowest BCUT2D eigenvalue weighted by Gasteiger charge is -2.33. The van der Waals surface area contributed by atoms with Crippen LogP contribution in [0.25, 0.3) is 0 Å². The molecule has 8 heteroatoms. The van der Waals surface area contributed by atoms with Gasteiger partial charge >= 0.3 is 0 Å². The van der Waals surface area contributed by atoms with Gasteiger partial charge in [0.2, 0.25) is 5.91 Å². The van der Waals surface area contributed by atoms with Crippen LogP contribution in [0.1, 0.15) is 26.8 Å². The fourth-order valence-corrected chi connectivity index (χ4v) is 4.37. The molecule has 0 bridgehead atoms. The van der Waals surface area contributed by atoms with Crippen LogP contribution in [-0.2, 0) is 16.1 Å². The van der Waals surface area contributed by atoms with Gasteiger partial charge in [-0.3, -0.25) is 19.5 Å². The van der Waals surface area contributed by atoms with Gasteiger partial charge in [0.05, 0.1) is 29.7 Å². The van der Waals surface area contributed by atoms with Crippen molar-refractivity contribution in [2.45, 2.75) is 12.5 Å². The summed E-state index contributed by atoms with van der Waals surface area (Å²) in [5.41, 5.74) is 1.72. The highest BCUT2D eigenvalue weighted by Gasteiger charge is 2.34. The highest BCUT2D eigenvalue weighted by Crippen LogP contribution is 2.28. The first-order valence-electron chi connectivity index (χ1n) is 9.57. The van der Waals surface area contributed by atoms with E-state index in [2.05, 4.69) is 15.2 Å². The van der Waals surface area contributed by atoms with E-state index in [1.807, 2.05) is 29.6 Å². The highest BCUT2D eigenvalue weighted by molar-refractivity contribution is 7.12. The minimum atomic E-state index is -0.446. The Kier molecular flexibility index (Phi) is 5.99. The van der Waals surface area contributed by atoms with Gasteiger partial charge in [0.25, 0.3) is 5.91 Å². The third-order valence-electron chi connectivity index (χ3n) is 5.19. The number of nitrogens with one attached hydrogen (secondary N) is 1. The number of rotatable bonds is 5. The SMILES string of the molecule is O=C(NCCN1CCOCC1)C1CN(C(=O)c2cccs2)Cc2cccnc21. The van der Waals surface area contributed by atoms with Crippen LogP contribution in [0.5, 0.6) is 0 Å². The molecule has 0 spiro atoms. The van der Waals surface area contributed by atoms with E-state index in [1.165, 1.54) is 11.3 Å². The maximum absolute atomic E-state index is 12.9. The molecule has 2 aliphatic heterocycles. The van der Waals surface area contributed by atoms with Gasteiger partial charge in [0.1, 0.15) is 0 Å². The summed E-state index contributed by atoms with van der Waals surface area (Å²) < 4.78 is 5.35. The fourth-order valence-electron chi connectivity index (χ4n) is 3.68. The van der Waals surface area contributed by atoms with Crippen LogP contribution < -0.4 is 5.32 Å². The number of nitrogens with zero attached hydrogens (tertiary/aromatic N) is 3. The Bertz CT molecular complexity index is 821.